The van der Waals surface area contributed by atoms with Crippen molar-refractivity contribution in [1.29, 1.82) is 0 Å². The topological polar surface area (TPSA) is 47.6 Å². The molecular formula is C19H23NO3S. The molecule has 0 unspecified atom stereocenters. The van der Waals surface area contributed by atoms with Gasteiger partial charge in [-0.05, 0) is 36.4 Å². The van der Waals surface area contributed by atoms with Crippen molar-refractivity contribution >= 4 is 17.2 Å². The fourth-order valence-electron chi connectivity index (χ4n) is 3.43. The number of nitrogens with one attached hydrogen (secondary N) is 1. The van der Waals surface area contributed by atoms with E-state index < -0.39 is 0 Å². The standard InChI is InChI=1S/C19H23NO3S/c1-22-15-10-14(11-16(12-15)23-2)18(21)20-13-19(7-3-4-8-19)17-6-5-9-24-17/h5-6,9-12H,3-4,7-8,13H2,1-2H3,(H,20,21). The van der Waals surface area contributed by atoms with Gasteiger partial charge in [-0.3, -0.25) is 4.79 Å². The molecule has 1 saturated carbocycles. The summed E-state index contributed by atoms with van der Waals surface area (Å²) in [5, 5.41) is 5.24. The van der Waals surface area contributed by atoms with E-state index in [2.05, 4.69) is 22.8 Å². The monoisotopic (exact) mass is 345 g/mol. The average molecular weight is 345 g/mol. The summed E-state index contributed by atoms with van der Waals surface area (Å²) in [6.07, 6.45) is 4.71. The normalized spacial score (nSPS) is 15.9. The van der Waals surface area contributed by atoms with Crippen LogP contribution < -0.4 is 14.8 Å². The number of hydrogen-bond acceptors (Lipinski definition) is 4. The summed E-state index contributed by atoms with van der Waals surface area (Å²) in [7, 11) is 3.17. The molecule has 0 aliphatic heterocycles. The lowest BCUT2D eigenvalue weighted by molar-refractivity contribution is 0.0942. The molecule has 2 aromatic rings. The molecule has 1 amide bonds. The summed E-state index contributed by atoms with van der Waals surface area (Å²) in [6, 6.07) is 9.53. The average Bonchev–Trinajstić information content (AvgIpc) is 3.31. The van der Waals surface area contributed by atoms with Crippen molar-refractivity contribution in [1.82, 2.24) is 5.32 Å². The van der Waals surface area contributed by atoms with E-state index in [1.165, 1.54) is 17.7 Å². The van der Waals surface area contributed by atoms with Gasteiger partial charge in [-0.25, -0.2) is 0 Å². The number of amides is 1. The maximum absolute atomic E-state index is 12.6. The van der Waals surface area contributed by atoms with Gasteiger partial charge in [-0.2, -0.15) is 0 Å². The summed E-state index contributed by atoms with van der Waals surface area (Å²) in [4.78, 5) is 14.0. The highest BCUT2D eigenvalue weighted by molar-refractivity contribution is 7.10. The van der Waals surface area contributed by atoms with E-state index in [0.29, 0.717) is 23.6 Å². The predicted octanol–water partition coefficient (Wildman–Crippen LogP) is 4.01. The van der Waals surface area contributed by atoms with Crippen LogP contribution in [0.3, 0.4) is 0 Å². The molecule has 1 N–H and O–H groups in total. The van der Waals surface area contributed by atoms with Crippen molar-refractivity contribution in [2.75, 3.05) is 20.8 Å². The maximum Gasteiger partial charge on any atom is 0.251 e. The van der Waals surface area contributed by atoms with Gasteiger partial charge in [0.25, 0.3) is 5.91 Å². The second-order valence-corrected chi connectivity index (χ2v) is 7.20. The minimum Gasteiger partial charge on any atom is -0.497 e. The zero-order chi connectivity index (χ0) is 17.0. The maximum atomic E-state index is 12.6. The molecule has 128 valence electrons. The fourth-order valence-corrected chi connectivity index (χ4v) is 4.42. The van der Waals surface area contributed by atoms with E-state index in [9.17, 15) is 4.79 Å². The van der Waals surface area contributed by atoms with Crippen LogP contribution in [0.4, 0.5) is 0 Å². The molecule has 1 heterocycles. The Kier molecular flexibility index (Phi) is 5.09. The number of rotatable bonds is 6. The third-order valence-electron chi connectivity index (χ3n) is 4.81. The van der Waals surface area contributed by atoms with Gasteiger partial charge in [0.15, 0.2) is 0 Å². The summed E-state index contributed by atoms with van der Waals surface area (Å²) < 4.78 is 10.5. The summed E-state index contributed by atoms with van der Waals surface area (Å²) in [6.45, 7) is 0.672. The molecule has 4 nitrogen and oxygen atoms in total. The van der Waals surface area contributed by atoms with Gasteiger partial charge in [0.1, 0.15) is 11.5 Å². The second kappa shape index (κ2) is 7.26. The van der Waals surface area contributed by atoms with Crippen molar-refractivity contribution in [3.8, 4) is 11.5 Å². The molecule has 0 bridgehead atoms. The Balaban J connectivity index is 1.75. The molecule has 0 atom stereocenters. The minimum atomic E-state index is -0.0879. The number of thiophene rings is 1. The molecule has 5 heteroatoms. The zero-order valence-electron chi connectivity index (χ0n) is 14.1. The molecule has 0 saturated heterocycles. The highest BCUT2D eigenvalue weighted by Gasteiger charge is 2.36. The van der Waals surface area contributed by atoms with Crippen LogP contribution in [-0.2, 0) is 5.41 Å². The Labute approximate surface area is 146 Å². The quantitative estimate of drug-likeness (QED) is 0.860. The third kappa shape index (κ3) is 3.41. The lowest BCUT2D eigenvalue weighted by atomic mass is 9.84. The van der Waals surface area contributed by atoms with Crippen LogP contribution in [0.2, 0.25) is 0 Å². The molecule has 1 aromatic heterocycles. The summed E-state index contributed by atoms with van der Waals surface area (Å²) in [5.41, 5.74) is 0.651. The summed E-state index contributed by atoms with van der Waals surface area (Å²) in [5.74, 6) is 1.15. The Morgan fingerprint density at radius 3 is 2.38 bits per heavy atom. The highest BCUT2D eigenvalue weighted by atomic mass is 32.1. The fraction of sp³-hybridized carbons (Fsp3) is 0.421. The SMILES string of the molecule is COc1cc(OC)cc(C(=O)NCC2(c3cccs3)CCCC2)c1. The number of benzene rings is 1. The lowest BCUT2D eigenvalue weighted by Gasteiger charge is -2.28. The first kappa shape index (κ1) is 16.8. The molecule has 1 aromatic carbocycles. The first-order chi connectivity index (χ1) is 11.7. The first-order valence-corrected chi connectivity index (χ1v) is 9.10. The number of carbonyl (C=O) groups excluding carboxylic acids is 1. The number of hydrogen-bond donors (Lipinski definition) is 1. The van der Waals surface area contributed by atoms with Gasteiger partial charge in [0, 0.05) is 28.5 Å². The van der Waals surface area contributed by atoms with Crippen molar-refractivity contribution in [2.45, 2.75) is 31.1 Å². The minimum absolute atomic E-state index is 0.0879. The molecule has 3 rings (SSSR count). The first-order valence-electron chi connectivity index (χ1n) is 8.22. The van der Waals surface area contributed by atoms with E-state index >= 15 is 0 Å². The number of ether oxygens (including phenoxy) is 2. The van der Waals surface area contributed by atoms with Gasteiger partial charge < -0.3 is 14.8 Å². The van der Waals surface area contributed by atoms with Crippen LogP contribution in [0.5, 0.6) is 11.5 Å². The lowest BCUT2D eigenvalue weighted by Crippen LogP contribution is -2.38. The molecule has 1 aliphatic rings. The smallest absolute Gasteiger partial charge is 0.251 e. The number of carbonyl (C=O) groups is 1. The highest BCUT2D eigenvalue weighted by Crippen LogP contribution is 2.42. The predicted molar refractivity (Wildman–Crippen MR) is 96.3 cm³/mol. The second-order valence-electron chi connectivity index (χ2n) is 6.25. The van der Waals surface area contributed by atoms with Gasteiger partial charge in [-0.15, -0.1) is 11.3 Å². The molecule has 0 radical (unpaired) electrons. The van der Waals surface area contributed by atoms with Crippen LogP contribution in [0.1, 0.15) is 40.9 Å². The van der Waals surface area contributed by atoms with E-state index in [1.54, 1.807) is 43.8 Å². The van der Waals surface area contributed by atoms with Gasteiger partial charge in [-0.1, -0.05) is 18.9 Å². The zero-order valence-corrected chi connectivity index (χ0v) is 14.9. The van der Waals surface area contributed by atoms with E-state index in [4.69, 9.17) is 9.47 Å². The Bertz CT molecular complexity index is 668. The van der Waals surface area contributed by atoms with Crippen LogP contribution >= 0.6 is 11.3 Å². The van der Waals surface area contributed by atoms with Crippen molar-refractivity contribution in [2.24, 2.45) is 0 Å². The Morgan fingerprint density at radius 1 is 1.17 bits per heavy atom. The summed E-state index contributed by atoms with van der Waals surface area (Å²) >= 11 is 1.79. The third-order valence-corrected chi connectivity index (χ3v) is 5.92. The molecule has 24 heavy (non-hydrogen) atoms. The molecular weight excluding hydrogens is 322 g/mol. The largest absolute Gasteiger partial charge is 0.497 e. The van der Waals surface area contributed by atoms with Crippen molar-refractivity contribution in [3.63, 3.8) is 0 Å². The van der Waals surface area contributed by atoms with Crippen molar-refractivity contribution < 1.29 is 14.3 Å². The van der Waals surface area contributed by atoms with E-state index in [0.717, 1.165) is 12.8 Å². The Morgan fingerprint density at radius 2 is 1.83 bits per heavy atom. The van der Waals surface area contributed by atoms with Crippen LogP contribution in [0, 0.1) is 0 Å². The van der Waals surface area contributed by atoms with E-state index in [1.807, 2.05) is 0 Å². The van der Waals surface area contributed by atoms with Crippen molar-refractivity contribution in [3.05, 3.63) is 46.2 Å². The van der Waals surface area contributed by atoms with E-state index in [-0.39, 0.29) is 11.3 Å². The van der Waals surface area contributed by atoms with Gasteiger partial charge >= 0.3 is 0 Å². The number of methoxy groups -OCH3 is 2. The van der Waals surface area contributed by atoms with Gasteiger partial charge in [0.2, 0.25) is 0 Å². The molecule has 1 aliphatic carbocycles. The van der Waals surface area contributed by atoms with Crippen LogP contribution in [0.15, 0.2) is 35.7 Å². The van der Waals surface area contributed by atoms with Gasteiger partial charge in [0.05, 0.1) is 14.2 Å². The Hall–Kier alpha value is -2.01. The molecule has 0 spiro atoms. The molecule has 1 fully saturated rings. The van der Waals surface area contributed by atoms with Crippen LogP contribution in [0.25, 0.3) is 0 Å². The van der Waals surface area contributed by atoms with Crippen LogP contribution in [-0.4, -0.2) is 26.7 Å².